The van der Waals surface area contributed by atoms with Gasteiger partial charge in [-0.1, -0.05) is 109 Å². The molecule has 0 fully saturated rings. The van der Waals surface area contributed by atoms with Crippen LogP contribution in [0.3, 0.4) is 0 Å². The van der Waals surface area contributed by atoms with Gasteiger partial charge in [-0.2, -0.15) is 0 Å². The fraction of sp³-hybridized carbons (Fsp3) is 0.409. The Kier molecular flexibility index (Phi) is 25.3. The fourth-order valence-corrected chi connectivity index (χ4v) is 1.26. The Morgan fingerprint density at radius 3 is 1.04 bits per heavy atom. The molecule has 1 nitrogen and oxygen atoms in total. The third-order valence-electron chi connectivity index (χ3n) is 2.38. The third kappa shape index (κ3) is 16.3. The Bertz CT molecular complexity index is 395. The summed E-state index contributed by atoms with van der Waals surface area (Å²) in [5.74, 6) is 0.255. The number of carbonyl (C=O) groups excluding carboxylic acids is 1. The van der Waals surface area contributed by atoms with Crippen LogP contribution in [0.1, 0.15) is 61.8 Å². The Labute approximate surface area is 144 Å². The van der Waals surface area contributed by atoms with Gasteiger partial charge in [-0.15, -0.1) is 0 Å². The van der Waals surface area contributed by atoms with E-state index in [-0.39, 0.29) is 5.78 Å². The van der Waals surface area contributed by atoms with Crippen molar-refractivity contribution in [1.29, 1.82) is 0 Å². The summed E-state index contributed by atoms with van der Waals surface area (Å²) in [6, 6.07) is 20.8. The molecule has 0 atom stereocenters. The third-order valence-corrected chi connectivity index (χ3v) is 2.38. The first-order chi connectivity index (χ1) is 11.2. The maximum Gasteiger partial charge on any atom is 0.129 e. The van der Waals surface area contributed by atoms with Crippen molar-refractivity contribution >= 4 is 5.78 Å². The average Bonchev–Trinajstić information content (AvgIpc) is 2.68. The van der Waals surface area contributed by atoms with Gasteiger partial charge in [0.05, 0.1) is 0 Å². The van der Waals surface area contributed by atoms with Gasteiger partial charge in [-0.05, 0) is 18.1 Å². The van der Waals surface area contributed by atoms with Crippen molar-refractivity contribution in [1.82, 2.24) is 0 Å². The number of hydrogen-bond donors (Lipinski definition) is 0. The second kappa shape index (κ2) is 22.4. The van der Waals surface area contributed by atoms with Gasteiger partial charge in [0, 0.05) is 6.42 Å². The molecular weight excluding hydrogens is 280 g/mol. The van der Waals surface area contributed by atoms with Gasteiger partial charge in [0.15, 0.2) is 0 Å². The normalized spacial score (nSPS) is 7.48. The molecule has 0 aliphatic rings. The highest BCUT2D eigenvalue weighted by atomic mass is 16.1. The Morgan fingerprint density at radius 1 is 0.652 bits per heavy atom. The van der Waals surface area contributed by atoms with E-state index in [2.05, 4.69) is 48.5 Å². The lowest BCUT2D eigenvalue weighted by Crippen LogP contribution is -1.80. The monoisotopic (exact) mass is 316 g/mol. The molecule has 1 heteroatoms. The highest BCUT2D eigenvalue weighted by molar-refractivity contribution is 5.74. The van der Waals surface area contributed by atoms with Gasteiger partial charge in [-0.3, -0.25) is 0 Å². The van der Waals surface area contributed by atoms with Crippen LogP contribution in [0, 0.1) is 0 Å². The first-order valence-corrected chi connectivity index (χ1v) is 8.84. The van der Waals surface area contributed by atoms with Crippen molar-refractivity contribution < 1.29 is 4.79 Å². The first kappa shape index (κ1) is 26.0. The molecule has 0 aliphatic heterocycles. The van der Waals surface area contributed by atoms with Crippen LogP contribution in [0.5, 0.6) is 0 Å². The fourth-order valence-electron chi connectivity index (χ4n) is 1.26. The summed E-state index contributed by atoms with van der Waals surface area (Å²) in [7, 11) is 0. The van der Waals surface area contributed by atoms with Crippen LogP contribution in [0.25, 0.3) is 11.1 Å². The zero-order valence-corrected chi connectivity index (χ0v) is 16.4. The first-order valence-electron chi connectivity index (χ1n) is 8.84. The minimum Gasteiger partial charge on any atom is -0.300 e. The molecule has 0 unspecified atom stereocenters. The van der Waals surface area contributed by atoms with Crippen LogP contribution in [0.15, 0.2) is 60.7 Å². The van der Waals surface area contributed by atoms with Crippen molar-refractivity contribution in [3.05, 3.63) is 60.7 Å². The molecule has 2 aromatic carbocycles. The van der Waals surface area contributed by atoms with Crippen molar-refractivity contribution in [2.24, 2.45) is 0 Å². The smallest absolute Gasteiger partial charge is 0.129 e. The summed E-state index contributed by atoms with van der Waals surface area (Å²) in [4.78, 5) is 9.81. The predicted octanol–water partition coefficient (Wildman–Crippen LogP) is 7.42. The largest absolute Gasteiger partial charge is 0.300 e. The van der Waals surface area contributed by atoms with E-state index < -0.39 is 0 Å². The second-order valence-electron chi connectivity index (χ2n) is 3.79. The number of Topliss-reactive ketones (excluding diaryl/α,β-unsaturated/α-hetero) is 1. The van der Waals surface area contributed by atoms with Crippen LogP contribution in [-0.4, -0.2) is 5.78 Å². The molecule has 0 amide bonds. The van der Waals surface area contributed by atoms with Crippen LogP contribution in [0.4, 0.5) is 0 Å². The molecule has 2 rings (SSSR count). The molecule has 0 saturated carbocycles. The Hall–Kier alpha value is -1.89. The lowest BCUT2D eigenvalue weighted by Gasteiger charge is -1.98. The quantitative estimate of drug-likeness (QED) is 0.563. The molecule has 2 aromatic rings. The molecule has 0 aromatic heterocycles. The van der Waals surface area contributed by atoms with Crippen molar-refractivity contribution in [3.8, 4) is 11.1 Å². The molecule has 0 heterocycles. The van der Waals surface area contributed by atoms with Crippen molar-refractivity contribution in [2.75, 3.05) is 0 Å². The summed E-state index contributed by atoms with van der Waals surface area (Å²) < 4.78 is 0. The summed E-state index contributed by atoms with van der Waals surface area (Å²) in [5.41, 5.74) is 2.55. The van der Waals surface area contributed by atoms with Gasteiger partial charge in [-0.25, -0.2) is 0 Å². The van der Waals surface area contributed by atoms with Crippen molar-refractivity contribution in [3.63, 3.8) is 0 Å². The summed E-state index contributed by atoms with van der Waals surface area (Å²) in [6.45, 7) is 15.4. The van der Waals surface area contributed by atoms with Gasteiger partial charge >= 0.3 is 0 Å². The highest BCUT2D eigenvalue weighted by Crippen LogP contribution is 2.17. The van der Waals surface area contributed by atoms with E-state index in [1.54, 1.807) is 6.92 Å². The van der Waals surface area contributed by atoms with Crippen LogP contribution in [0.2, 0.25) is 0 Å². The van der Waals surface area contributed by atoms with Crippen molar-refractivity contribution in [2.45, 2.75) is 61.8 Å². The van der Waals surface area contributed by atoms with Gasteiger partial charge < -0.3 is 4.79 Å². The average molecular weight is 317 g/mol. The maximum atomic E-state index is 9.81. The molecule has 0 radical (unpaired) electrons. The van der Waals surface area contributed by atoms with E-state index in [0.717, 1.165) is 0 Å². The van der Waals surface area contributed by atoms with E-state index in [1.165, 1.54) is 11.1 Å². The summed E-state index contributed by atoms with van der Waals surface area (Å²) >= 11 is 0. The van der Waals surface area contributed by atoms with E-state index >= 15 is 0 Å². The Balaban J connectivity index is -0.000000309. The van der Waals surface area contributed by atoms with E-state index in [1.807, 2.05) is 60.6 Å². The summed E-state index contributed by atoms with van der Waals surface area (Å²) in [5, 5.41) is 0. The molecule has 0 aliphatic carbocycles. The van der Waals surface area contributed by atoms with Gasteiger partial charge in [0.25, 0.3) is 0 Å². The number of carbonyl (C=O) groups is 1. The zero-order valence-electron chi connectivity index (χ0n) is 16.4. The van der Waals surface area contributed by atoms with E-state index in [9.17, 15) is 4.79 Å². The number of benzene rings is 2. The lowest BCUT2D eigenvalue weighted by atomic mass is 10.1. The molecule has 0 N–H and O–H groups in total. The van der Waals surface area contributed by atoms with Gasteiger partial charge in [0.2, 0.25) is 0 Å². The van der Waals surface area contributed by atoms with Crippen LogP contribution in [-0.2, 0) is 4.79 Å². The number of hydrogen-bond acceptors (Lipinski definition) is 1. The number of ketones is 1. The molecule has 0 spiro atoms. The SMILES string of the molecule is CC.CC.CC.CCC(C)=O.c1ccc(-c2ccccc2)cc1. The summed E-state index contributed by atoms with van der Waals surface area (Å²) in [6.07, 6.45) is 0.667. The zero-order chi connectivity index (χ0) is 18.5. The minimum absolute atomic E-state index is 0.255. The second-order valence-corrected chi connectivity index (χ2v) is 3.79. The van der Waals surface area contributed by atoms with Gasteiger partial charge in [0.1, 0.15) is 5.78 Å². The molecule has 0 saturated heterocycles. The highest BCUT2D eigenvalue weighted by Gasteiger charge is 1.91. The van der Waals surface area contributed by atoms with Crippen LogP contribution < -0.4 is 0 Å². The molecule has 23 heavy (non-hydrogen) atoms. The molecule has 130 valence electrons. The lowest BCUT2D eigenvalue weighted by molar-refractivity contribution is -0.116. The van der Waals surface area contributed by atoms with E-state index in [4.69, 9.17) is 0 Å². The molecule has 0 bridgehead atoms. The predicted molar refractivity (Wildman–Crippen MR) is 107 cm³/mol. The van der Waals surface area contributed by atoms with Crippen LogP contribution >= 0.6 is 0 Å². The minimum atomic E-state index is 0.255. The molecular formula is C22H36O. The topological polar surface area (TPSA) is 17.1 Å². The van der Waals surface area contributed by atoms with E-state index in [0.29, 0.717) is 6.42 Å². The number of rotatable bonds is 2. The maximum absolute atomic E-state index is 9.81. The standard InChI is InChI=1S/C12H10.C4H8O.3C2H6/c1-3-7-11(8-4-1)12-9-5-2-6-10-12;1-3-4(2)5;3*1-2/h1-10H;3H2,1-2H3;3*1-2H3. The Morgan fingerprint density at radius 2 is 0.870 bits per heavy atom.